The van der Waals surface area contributed by atoms with Crippen molar-refractivity contribution in [3.8, 4) is 0 Å². The van der Waals surface area contributed by atoms with Crippen LogP contribution in [0.15, 0.2) is 71.8 Å². The van der Waals surface area contributed by atoms with E-state index in [1.807, 2.05) is 5.32 Å². The van der Waals surface area contributed by atoms with Crippen LogP contribution in [0.25, 0.3) is 0 Å². The van der Waals surface area contributed by atoms with Crippen LogP contribution in [0.1, 0.15) is 148 Å². The van der Waals surface area contributed by atoms with Gasteiger partial charge in [-0.2, -0.15) is 0 Å². The summed E-state index contributed by atoms with van der Waals surface area (Å²) in [5.41, 5.74) is -7.20. The van der Waals surface area contributed by atoms with Gasteiger partial charge in [0.1, 0.15) is 41.1 Å². The smallest absolute Gasteiger partial charge is 0.408 e. The predicted octanol–water partition coefficient (Wildman–Crippen LogP) is 5.06. The van der Waals surface area contributed by atoms with Crippen molar-refractivity contribution in [1.29, 1.82) is 0 Å². The van der Waals surface area contributed by atoms with Crippen LogP contribution in [-0.4, -0.2) is 172 Å². The van der Waals surface area contributed by atoms with Crippen LogP contribution in [0.2, 0.25) is 0 Å². The number of carbonyl (C=O) groups excluding carboxylic acids is 7. The molecule has 0 spiro atoms. The number of esters is 3. The number of urea groups is 1. The Morgan fingerprint density at radius 2 is 1.41 bits per heavy atom. The van der Waals surface area contributed by atoms with Gasteiger partial charge in [0.15, 0.2) is 18.2 Å². The van der Waals surface area contributed by atoms with Crippen molar-refractivity contribution in [2.75, 3.05) is 20.8 Å². The van der Waals surface area contributed by atoms with Gasteiger partial charge in [0.25, 0.3) is 0 Å². The Bertz CT molecular complexity index is 2930. The second kappa shape index (κ2) is 28.8. The third-order valence-electron chi connectivity index (χ3n) is 17.6. The van der Waals surface area contributed by atoms with Crippen molar-refractivity contribution in [1.82, 2.24) is 21.3 Å². The number of aliphatic carboxylic acids is 3. The fourth-order valence-corrected chi connectivity index (χ4v) is 13.2. The quantitative estimate of drug-likeness (QED) is 0.0185. The molecule has 4 amide bonds. The predicted molar refractivity (Wildman–Crippen MR) is 309 cm³/mol. The van der Waals surface area contributed by atoms with Crippen molar-refractivity contribution in [2.24, 2.45) is 22.7 Å². The van der Waals surface area contributed by atoms with Crippen LogP contribution < -0.4 is 21.3 Å². The number of hydrogen-bond acceptors (Lipinski definition) is 19. The molecule has 0 aromatic heterocycles. The molecule has 26 heteroatoms. The number of alkyl carbamates (subject to hydrolysis) is 1. The Morgan fingerprint density at radius 3 is 1.95 bits per heavy atom. The molecule has 9 N–H and O–H groups in total. The summed E-state index contributed by atoms with van der Waals surface area (Å²) in [4.78, 5) is 132. The SMILES string of the molecule is CO[C@H]1C(=O)[C@]2(C)[C@@H](OC)C[C@H]3CC[C@@]3(OC(C)=O)[C@H]2[C@H](OC(=O)c2ccccc2)[C@]2(O)C[C@H](OC(O)[C@H](OC(=O)CCC(=O)NCCCC[C@H](NC(=O)N[C@@H](CCC(=O)O)C(=O)O)C(=O)O)[C@@H](NC(=O)OC(C)(C)C)c3ccccc3)C(C)=C1C2(C)C. The highest BCUT2D eigenvalue weighted by Gasteiger charge is 2.77. The number of carboxylic acid groups (broad SMARTS) is 3. The number of carboxylic acids is 3. The molecule has 26 nitrogen and oxygen atoms in total. The average molecular weight is 1240 g/mol. The molecule has 3 saturated carbocycles. The number of methoxy groups -OCH3 is 2. The lowest BCUT2D eigenvalue weighted by molar-refractivity contribution is -0.301. The van der Waals surface area contributed by atoms with Crippen LogP contribution in [0.5, 0.6) is 0 Å². The van der Waals surface area contributed by atoms with Crippen LogP contribution in [0, 0.1) is 22.7 Å². The summed E-state index contributed by atoms with van der Waals surface area (Å²) in [6.45, 7) is 12.7. The second-order valence-electron chi connectivity index (χ2n) is 24.7. The zero-order valence-electron chi connectivity index (χ0n) is 51.3. The molecule has 14 atom stereocenters. The molecule has 484 valence electrons. The minimum atomic E-state index is -2.31. The molecule has 1 unspecified atom stereocenters. The maximum Gasteiger partial charge on any atom is 0.408 e. The highest BCUT2D eigenvalue weighted by molar-refractivity contribution is 5.94. The van der Waals surface area contributed by atoms with E-state index in [0.717, 1.165) is 0 Å². The van der Waals surface area contributed by atoms with Crippen molar-refractivity contribution in [2.45, 2.75) is 198 Å². The van der Waals surface area contributed by atoms with Gasteiger partial charge in [0.05, 0.1) is 41.6 Å². The minimum Gasteiger partial charge on any atom is -0.481 e. The Kier molecular flexibility index (Phi) is 22.7. The first-order valence-electron chi connectivity index (χ1n) is 29.3. The third-order valence-corrected chi connectivity index (χ3v) is 17.6. The van der Waals surface area contributed by atoms with Gasteiger partial charge in [-0.1, -0.05) is 62.4 Å². The Balaban J connectivity index is 1.31. The summed E-state index contributed by atoms with van der Waals surface area (Å²) >= 11 is 0. The number of ether oxygens (including phenoxy) is 7. The number of ketones is 1. The zero-order chi connectivity index (χ0) is 65.3. The number of fused-ring (bicyclic) bond motifs is 5. The number of amides is 4. The lowest BCUT2D eigenvalue weighted by atomic mass is 9.41. The van der Waals surface area contributed by atoms with Crippen LogP contribution in [0.4, 0.5) is 9.59 Å². The number of benzene rings is 2. The molecule has 0 heterocycles. The van der Waals surface area contributed by atoms with Gasteiger partial charge >= 0.3 is 47.9 Å². The maximum absolute atomic E-state index is 16.0. The van der Waals surface area contributed by atoms with Crippen LogP contribution in [0.3, 0.4) is 0 Å². The van der Waals surface area contributed by atoms with E-state index in [0.29, 0.717) is 12.0 Å². The molecule has 3 fully saturated rings. The van der Waals surface area contributed by atoms with Gasteiger partial charge in [-0.15, -0.1) is 0 Å². The Hall–Kier alpha value is -7.52. The number of aliphatic hydroxyl groups excluding tert-OH is 1. The highest BCUT2D eigenvalue weighted by Crippen LogP contribution is 2.68. The van der Waals surface area contributed by atoms with Crippen molar-refractivity contribution in [3.63, 3.8) is 0 Å². The number of nitrogens with one attached hydrogen (secondary N) is 4. The zero-order valence-corrected chi connectivity index (χ0v) is 51.3. The molecule has 0 radical (unpaired) electrons. The van der Waals surface area contributed by atoms with Crippen molar-refractivity contribution in [3.05, 3.63) is 82.9 Å². The normalized spacial score (nSPS) is 27.0. The maximum atomic E-state index is 16.0. The van der Waals surface area contributed by atoms with Crippen molar-refractivity contribution < 1.29 is 107 Å². The molecule has 2 aromatic carbocycles. The van der Waals surface area contributed by atoms with E-state index in [-0.39, 0.29) is 55.3 Å². The number of hydrogen-bond donors (Lipinski definition) is 9. The molecular formula is C62H84N4O22. The first kappa shape index (κ1) is 69.6. The largest absolute Gasteiger partial charge is 0.481 e. The van der Waals surface area contributed by atoms with Gasteiger partial charge in [-0.05, 0) is 108 Å². The number of aliphatic hydroxyl groups is 2. The molecule has 4 aliphatic carbocycles. The molecule has 2 bridgehead atoms. The number of rotatable bonds is 27. The van der Waals surface area contributed by atoms with E-state index in [1.54, 1.807) is 97.0 Å². The van der Waals surface area contributed by atoms with Crippen molar-refractivity contribution >= 4 is 59.6 Å². The monoisotopic (exact) mass is 1240 g/mol. The number of carbonyl (C=O) groups is 10. The fourth-order valence-electron chi connectivity index (χ4n) is 13.2. The van der Waals surface area contributed by atoms with Gasteiger partial charge in [0, 0.05) is 58.3 Å². The molecular weight excluding hydrogens is 1150 g/mol. The minimum absolute atomic E-state index is 0.0206. The molecule has 0 saturated heterocycles. The van der Waals surface area contributed by atoms with Gasteiger partial charge in [-0.3, -0.25) is 24.0 Å². The average Bonchev–Trinajstić information content (AvgIpc) is 0.680. The third kappa shape index (κ3) is 15.5. The fraction of sp³-hybridized carbons (Fsp3) is 0.613. The summed E-state index contributed by atoms with van der Waals surface area (Å²) in [5.74, 6) is -9.77. The lowest BCUT2D eigenvalue weighted by Gasteiger charge is -2.68. The first-order valence-corrected chi connectivity index (χ1v) is 29.3. The standard InChI is InChI=1S/C62H84N4O22/c1-33-40(32-62(81)51(86-54(77)36-21-15-12-16-22-36)49-60(8,50(72)47(83-10)45(33)59(62,6)7)41(82-9)31-37-28-29-61(37,49)87-34(2)67)84-55(78)48(46(35-19-13-11-14-20-35)66-57(80)88-58(3,4)5)85-44(71)27-25-42(68)63-30-18-17-23-38(52(73)74)64-56(79)65-39(53(75)76)24-26-43(69)70/h11-16,19-22,37-41,46-49,51,55,78,81H,17-18,23-32H2,1-10H3,(H,63,68)(H,66,80)(H,69,70)(H,73,74)(H,75,76)(H2,64,65,79)/t37-,38+,39+,40+,41+,46+,47-,48-,49+,51+,55?,60-,61+,62-/m1/s1. The van der Waals surface area contributed by atoms with Gasteiger partial charge < -0.3 is 80.0 Å². The summed E-state index contributed by atoms with van der Waals surface area (Å²) in [6.07, 6.45) is -12.0. The Labute approximate surface area is 510 Å². The highest BCUT2D eigenvalue weighted by atomic mass is 16.7. The number of unbranched alkanes of at least 4 members (excludes halogenated alkanes) is 1. The van der Waals surface area contributed by atoms with E-state index in [2.05, 4.69) is 16.0 Å². The van der Waals surface area contributed by atoms with E-state index in [4.69, 9.17) is 38.3 Å². The molecule has 6 rings (SSSR count). The molecule has 4 aliphatic rings. The number of Topliss-reactive ketones (excluding diaryl/α,β-unsaturated/α-hetero) is 1. The van der Waals surface area contributed by atoms with E-state index in [1.165, 1.54) is 33.3 Å². The lowest BCUT2D eigenvalue weighted by Crippen LogP contribution is -2.78. The molecule has 88 heavy (non-hydrogen) atoms. The first-order chi connectivity index (χ1) is 41.3. The Morgan fingerprint density at radius 1 is 0.795 bits per heavy atom. The van der Waals surface area contributed by atoms with E-state index < -0.39 is 186 Å². The van der Waals surface area contributed by atoms with E-state index >= 15 is 4.79 Å². The summed E-state index contributed by atoms with van der Waals surface area (Å²) in [6, 6.07) is 10.4. The molecule has 2 aromatic rings. The topological polar surface area (TPSA) is 385 Å². The van der Waals surface area contributed by atoms with Gasteiger partial charge in [-0.25, -0.2) is 24.0 Å². The summed E-state index contributed by atoms with van der Waals surface area (Å²) in [5, 5.41) is 64.3. The van der Waals surface area contributed by atoms with Crippen LogP contribution >= 0.6 is 0 Å². The van der Waals surface area contributed by atoms with E-state index in [9.17, 15) is 63.6 Å². The summed E-state index contributed by atoms with van der Waals surface area (Å²) in [7, 11) is 2.78. The van der Waals surface area contributed by atoms with Gasteiger partial charge in [0.2, 0.25) is 5.91 Å². The van der Waals surface area contributed by atoms with Crippen LogP contribution in [-0.2, 0) is 66.7 Å². The summed E-state index contributed by atoms with van der Waals surface area (Å²) < 4.78 is 43.7. The second-order valence-corrected chi connectivity index (χ2v) is 24.7. The molecule has 0 aliphatic heterocycles.